The lowest BCUT2D eigenvalue weighted by atomic mass is 9.65. The molecule has 0 bridgehead atoms. The third-order valence-corrected chi connectivity index (χ3v) is 3.63. The largest absolute Gasteiger partial charge is 0.507 e. The minimum atomic E-state index is -0.559. The molecule has 4 nitrogen and oxygen atoms in total. The SMILES string of the molecule is COC(=O)c1cc(C2(CO)CCC2)ccc1O. The summed E-state index contributed by atoms with van der Waals surface area (Å²) in [6, 6.07) is 4.87. The van der Waals surface area contributed by atoms with E-state index in [-0.39, 0.29) is 23.3 Å². The number of aliphatic hydroxyl groups is 1. The summed E-state index contributed by atoms with van der Waals surface area (Å²) in [5.41, 5.74) is 0.811. The summed E-state index contributed by atoms with van der Waals surface area (Å²) in [7, 11) is 1.28. The quantitative estimate of drug-likeness (QED) is 0.782. The van der Waals surface area contributed by atoms with Crippen LogP contribution in [0.1, 0.15) is 35.2 Å². The first kappa shape index (κ1) is 11.9. The Bertz CT molecular complexity index is 430. The van der Waals surface area contributed by atoms with Crippen LogP contribution < -0.4 is 0 Å². The Morgan fingerprint density at radius 1 is 1.47 bits per heavy atom. The van der Waals surface area contributed by atoms with Gasteiger partial charge in [-0.3, -0.25) is 0 Å². The van der Waals surface area contributed by atoms with Crippen molar-refractivity contribution in [1.82, 2.24) is 0 Å². The summed E-state index contributed by atoms with van der Waals surface area (Å²) in [6.45, 7) is 0.0678. The summed E-state index contributed by atoms with van der Waals surface area (Å²) in [6.07, 6.45) is 2.90. The maximum absolute atomic E-state index is 11.5. The fraction of sp³-hybridized carbons (Fsp3) is 0.462. The molecule has 0 saturated heterocycles. The number of benzene rings is 1. The van der Waals surface area contributed by atoms with Gasteiger partial charge in [0.1, 0.15) is 11.3 Å². The zero-order valence-corrected chi connectivity index (χ0v) is 9.77. The Kier molecular flexibility index (Phi) is 3.07. The van der Waals surface area contributed by atoms with E-state index in [1.165, 1.54) is 13.2 Å². The first-order chi connectivity index (χ1) is 8.13. The summed E-state index contributed by atoms with van der Waals surface area (Å²) in [5, 5.41) is 19.1. The second kappa shape index (κ2) is 4.37. The van der Waals surface area contributed by atoms with Gasteiger partial charge in [-0.1, -0.05) is 12.5 Å². The van der Waals surface area contributed by atoms with Crippen molar-refractivity contribution in [3.8, 4) is 5.75 Å². The molecule has 1 aliphatic carbocycles. The van der Waals surface area contributed by atoms with Crippen LogP contribution in [0.15, 0.2) is 18.2 Å². The maximum atomic E-state index is 11.5. The number of rotatable bonds is 3. The highest BCUT2D eigenvalue weighted by Gasteiger charge is 2.38. The molecule has 0 aliphatic heterocycles. The number of aliphatic hydroxyl groups excluding tert-OH is 1. The average molecular weight is 236 g/mol. The number of ether oxygens (including phenoxy) is 1. The lowest BCUT2D eigenvalue weighted by Gasteiger charge is -2.41. The molecule has 0 radical (unpaired) electrons. The van der Waals surface area contributed by atoms with Crippen molar-refractivity contribution < 1.29 is 19.7 Å². The third kappa shape index (κ3) is 1.89. The van der Waals surface area contributed by atoms with Gasteiger partial charge in [0.2, 0.25) is 0 Å². The minimum Gasteiger partial charge on any atom is -0.507 e. The highest BCUT2D eigenvalue weighted by Crippen LogP contribution is 2.44. The van der Waals surface area contributed by atoms with Gasteiger partial charge in [-0.15, -0.1) is 0 Å². The van der Waals surface area contributed by atoms with Crippen molar-refractivity contribution in [3.05, 3.63) is 29.3 Å². The highest BCUT2D eigenvalue weighted by molar-refractivity contribution is 5.92. The Morgan fingerprint density at radius 3 is 2.65 bits per heavy atom. The van der Waals surface area contributed by atoms with Gasteiger partial charge >= 0.3 is 5.97 Å². The molecule has 0 unspecified atom stereocenters. The Balaban J connectivity index is 2.40. The number of carbonyl (C=O) groups is 1. The predicted octanol–water partition coefficient (Wildman–Crippen LogP) is 1.59. The normalized spacial score (nSPS) is 17.3. The van der Waals surface area contributed by atoms with E-state index in [0.29, 0.717) is 0 Å². The number of hydrogen-bond donors (Lipinski definition) is 2. The van der Waals surface area contributed by atoms with Crippen LogP contribution in [0.3, 0.4) is 0 Å². The summed E-state index contributed by atoms with van der Waals surface area (Å²) in [4.78, 5) is 11.5. The molecule has 0 amide bonds. The molecular formula is C13H16O4. The second-order valence-corrected chi connectivity index (χ2v) is 4.52. The molecule has 0 heterocycles. The fourth-order valence-corrected chi connectivity index (χ4v) is 2.28. The van der Waals surface area contributed by atoms with Crippen molar-refractivity contribution in [2.24, 2.45) is 0 Å². The molecule has 0 atom stereocenters. The van der Waals surface area contributed by atoms with Crippen molar-refractivity contribution in [1.29, 1.82) is 0 Å². The smallest absolute Gasteiger partial charge is 0.341 e. The molecule has 0 spiro atoms. The zero-order valence-electron chi connectivity index (χ0n) is 9.77. The van der Waals surface area contributed by atoms with E-state index in [2.05, 4.69) is 4.74 Å². The van der Waals surface area contributed by atoms with Crippen LogP contribution in [0.2, 0.25) is 0 Å². The van der Waals surface area contributed by atoms with E-state index >= 15 is 0 Å². The Labute approximate surface area is 99.8 Å². The minimum absolute atomic E-state index is 0.0678. The van der Waals surface area contributed by atoms with E-state index in [1.807, 2.05) is 0 Å². The predicted molar refractivity (Wildman–Crippen MR) is 62.1 cm³/mol. The molecule has 1 fully saturated rings. The van der Waals surface area contributed by atoms with Gasteiger partial charge in [-0.25, -0.2) is 4.79 Å². The number of carbonyl (C=O) groups excluding carboxylic acids is 1. The first-order valence-electron chi connectivity index (χ1n) is 5.66. The molecule has 4 heteroatoms. The first-order valence-corrected chi connectivity index (χ1v) is 5.66. The molecule has 92 valence electrons. The Morgan fingerprint density at radius 2 is 2.18 bits per heavy atom. The fourth-order valence-electron chi connectivity index (χ4n) is 2.28. The van der Waals surface area contributed by atoms with Crippen LogP contribution >= 0.6 is 0 Å². The van der Waals surface area contributed by atoms with Gasteiger partial charge in [0.15, 0.2) is 0 Å². The lowest BCUT2D eigenvalue weighted by molar-refractivity contribution is 0.0596. The standard InChI is InChI=1S/C13H16O4/c1-17-12(16)10-7-9(3-4-11(10)15)13(8-14)5-2-6-13/h3-4,7,14-15H,2,5-6,8H2,1H3. The number of methoxy groups -OCH3 is 1. The van der Waals surface area contributed by atoms with Crippen LogP contribution in [-0.4, -0.2) is 29.9 Å². The lowest BCUT2D eigenvalue weighted by Crippen LogP contribution is -2.38. The molecular weight excluding hydrogens is 220 g/mol. The van der Waals surface area contributed by atoms with Crippen molar-refractivity contribution in [2.45, 2.75) is 24.7 Å². The Hall–Kier alpha value is -1.55. The van der Waals surface area contributed by atoms with Crippen LogP contribution in [0.25, 0.3) is 0 Å². The van der Waals surface area contributed by atoms with Gasteiger partial charge < -0.3 is 14.9 Å². The molecule has 1 aromatic carbocycles. The van der Waals surface area contributed by atoms with Crippen LogP contribution in [-0.2, 0) is 10.2 Å². The van der Waals surface area contributed by atoms with Gasteiger partial charge in [-0.2, -0.15) is 0 Å². The average Bonchev–Trinajstić information content (AvgIpc) is 2.29. The van der Waals surface area contributed by atoms with Gasteiger partial charge in [-0.05, 0) is 30.5 Å². The highest BCUT2D eigenvalue weighted by atomic mass is 16.5. The molecule has 2 N–H and O–H groups in total. The van der Waals surface area contributed by atoms with Crippen LogP contribution in [0.4, 0.5) is 0 Å². The number of phenolic OH excluding ortho intramolecular Hbond substituents is 1. The monoisotopic (exact) mass is 236 g/mol. The topological polar surface area (TPSA) is 66.8 Å². The molecule has 1 aromatic rings. The van der Waals surface area contributed by atoms with Crippen molar-refractivity contribution >= 4 is 5.97 Å². The van der Waals surface area contributed by atoms with Gasteiger partial charge in [0.25, 0.3) is 0 Å². The number of phenols is 1. The summed E-state index contributed by atoms with van der Waals surface area (Å²) < 4.78 is 4.61. The van der Waals surface area contributed by atoms with E-state index < -0.39 is 5.97 Å². The second-order valence-electron chi connectivity index (χ2n) is 4.52. The number of hydrogen-bond acceptors (Lipinski definition) is 4. The van der Waals surface area contributed by atoms with Gasteiger partial charge in [0.05, 0.1) is 13.7 Å². The number of esters is 1. The molecule has 17 heavy (non-hydrogen) atoms. The van der Waals surface area contributed by atoms with Gasteiger partial charge in [0, 0.05) is 5.41 Å². The maximum Gasteiger partial charge on any atom is 0.341 e. The van der Waals surface area contributed by atoms with Crippen molar-refractivity contribution in [2.75, 3.05) is 13.7 Å². The molecule has 2 rings (SSSR count). The molecule has 0 aromatic heterocycles. The summed E-state index contributed by atoms with van der Waals surface area (Å²) in [5.74, 6) is -0.648. The third-order valence-electron chi connectivity index (χ3n) is 3.63. The molecule has 1 aliphatic rings. The number of aromatic hydroxyl groups is 1. The van der Waals surface area contributed by atoms with E-state index in [9.17, 15) is 15.0 Å². The molecule has 1 saturated carbocycles. The van der Waals surface area contributed by atoms with Crippen LogP contribution in [0.5, 0.6) is 5.75 Å². The zero-order chi connectivity index (χ0) is 12.5. The summed E-state index contributed by atoms with van der Waals surface area (Å²) >= 11 is 0. The van der Waals surface area contributed by atoms with Crippen LogP contribution in [0, 0.1) is 0 Å². The van der Waals surface area contributed by atoms with E-state index in [0.717, 1.165) is 24.8 Å². The van der Waals surface area contributed by atoms with E-state index in [4.69, 9.17) is 0 Å². The van der Waals surface area contributed by atoms with E-state index in [1.54, 1.807) is 12.1 Å². The van der Waals surface area contributed by atoms with Crippen molar-refractivity contribution in [3.63, 3.8) is 0 Å².